The third kappa shape index (κ3) is 5.62. The second-order valence-electron chi connectivity index (χ2n) is 7.24. The molecule has 25 heavy (non-hydrogen) atoms. The fraction of sp³-hybridized carbons (Fsp3) is 0.500. The number of carbonyl (C=O) groups excluding carboxylic acids is 2. The first kappa shape index (κ1) is 19.0. The molecule has 1 saturated heterocycles. The first-order valence-electron chi connectivity index (χ1n) is 8.63. The number of ether oxygens (including phenoxy) is 2. The second-order valence-corrected chi connectivity index (χ2v) is 7.24. The van der Waals surface area contributed by atoms with Gasteiger partial charge in [0, 0.05) is 13.1 Å². The van der Waals surface area contributed by atoms with Crippen molar-refractivity contribution in [1.29, 1.82) is 0 Å². The summed E-state index contributed by atoms with van der Waals surface area (Å²) in [6.45, 7) is 6.99. The minimum atomic E-state index is -0.467. The highest BCUT2D eigenvalue weighted by atomic mass is 16.6. The van der Waals surface area contributed by atoms with Crippen LogP contribution < -0.4 is 0 Å². The quantitative estimate of drug-likeness (QED) is 0.773. The van der Waals surface area contributed by atoms with Crippen molar-refractivity contribution >= 4 is 18.1 Å². The standard InChI is InChI=1S/C20H27NO4/c1-20(2,3)25-19(23)21-13-11-15(12-14-21)9-10-16-7-5-6-8-17(16)18(22)24-4/h5-10,15H,11-14H2,1-4H3/b10-9+. The Kier molecular flexibility index (Phi) is 6.23. The maximum atomic E-state index is 12.1. The Morgan fingerprint density at radius 1 is 1.16 bits per heavy atom. The number of carbonyl (C=O) groups is 2. The van der Waals surface area contributed by atoms with Gasteiger partial charge in [-0.25, -0.2) is 9.59 Å². The number of hydrogen-bond donors (Lipinski definition) is 0. The van der Waals surface area contributed by atoms with Gasteiger partial charge in [-0.3, -0.25) is 0 Å². The van der Waals surface area contributed by atoms with E-state index in [1.165, 1.54) is 7.11 Å². The predicted octanol–water partition coefficient (Wildman–Crippen LogP) is 4.13. The molecule has 0 unspecified atom stereocenters. The van der Waals surface area contributed by atoms with Gasteiger partial charge in [-0.15, -0.1) is 0 Å². The zero-order valence-electron chi connectivity index (χ0n) is 15.5. The number of esters is 1. The van der Waals surface area contributed by atoms with Crippen LogP contribution in [0.1, 0.15) is 49.5 Å². The van der Waals surface area contributed by atoms with Crippen LogP contribution in [-0.4, -0.2) is 42.8 Å². The molecule has 0 bridgehead atoms. The van der Waals surface area contributed by atoms with Crippen molar-refractivity contribution in [2.24, 2.45) is 5.92 Å². The molecule has 1 aromatic carbocycles. The molecule has 0 atom stereocenters. The molecule has 1 heterocycles. The largest absolute Gasteiger partial charge is 0.465 e. The minimum absolute atomic E-state index is 0.244. The number of hydrogen-bond acceptors (Lipinski definition) is 4. The van der Waals surface area contributed by atoms with Crippen LogP contribution in [0.2, 0.25) is 0 Å². The molecule has 0 aromatic heterocycles. The number of rotatable bonds is 3. The Morgan fingerprint density at radius 2 is 1.80 bits per heavy atom. The molecule has 5 heteroatoms. The van der Waals surface area contributed by atoms with Crippen LogP contribution in [0.4, 0.5) is 4.79 Å². The van der Waals surface area contributed by atoms with Gasteiger partial charge in [0.25, 0.3) is 0 Å². The van der Waals surface area contributed by atoms with Crippen molar-refractivity contribution < 1.29 is 19.1 Å². The van der Waals surface area contributed by atoms with Crippen molar-refractivity contribution in [1.82, 2.24) is 4.90 Å². The van der Waals surface area contributed by atoms with E-state index in [9.17, 15) is 9.59 Å². The number of piperidine rings is 1. The second kappa shape index (κ2) is 8.19. The first-order valence-corrected chi connectivity index (χ1v) is 8.63. The zero-order valence-corrected chi connectivity index (χ0v) is 15.5. The van der Waals surface area contributed by atoms with Crippen LogP contribution in [0.25, 0.3) is 6.08 Å². The average molecular weight is 345 g/mol. The molecule has 1 aromatic rings. The Labute approximate surface area is 149 Å². The topological polar surface area (TPSA) is 55.8 Å². The number of methoxy groups -OCH3 is 1. The highest BCUT2D eigenvalue weighted by Crippen LogP contribution is 2.22. The average Bonchev–Trinajstić information content (AvgIpc) is 2.58. The summed E-state index contributed by atoms with van der Waals surface area (Å²) in [4.78, 5) is 25.7. The number of amides is 1. The molecule has 0 spiro atoms. The van der Waals surface area contributed by atoms with E-state index in [1.807, 2.05) is 45.0 Å². The van der Waals surface area contributed by atoms with Gasteiger partial charge < -0.3 is 14.4 Å². The molecule has 1 aliphatic rings. The molecule has 5 nitrogen and oxygen atoms in total. The van der Waals surface area contributed by atoms with Crippen molar-refractivity contribution in [2.45, 2.75) is 39.2 Å². The monoisotopic (exact) mass is 345 g/mol. The maximum Gasteiger partial charge on any atom is 0.410 e. The zero-order chi connectivity index (χ0) is 18.4. The third-order valence-electron chi connectivity index (χ3n) is 4.11. The van der Waals surface area contributed by atoms with Crippen LogP contribution in [0, 0.1) is 5.92 Å². The lowest BCUT2D eigenvalue weighted by Crippen LogP contribution is -2.41. The van der Waals surface area contributed by atoms with Gasteiger partial charge in [-0.2, -0.15) is 0 Å². The van der Waals surface area contributed by atoms with Gasteiger partial charge in [-0.05, 0) is 51.2 Å². The molecule has 0 N–H and O–H groups in total. The molecule has 136 valence electrons. The van der Waals surface area contributed by atoms with E-state index in [2.05, 4.69) is 6.08 Å². The van der Waals surface area contributed by atoms with Gasteiger partial charge >= 0.3 is 12.1 Å². The van der Waals surface area contributed by atoms with Gasteiger partial charge in [0.1, 0.15) is 5.60 Å². The van der Waals surface area contributed by atoms with E-state index in [4.69, 9.17) is 9.47 Å². The normalized spacial score (nSPS) is 16.1. The smallest absolute Gasteiger partial charge is 0.410 e. The van der Waals surface area contributed by atoms with Crippen molar-refractivity contribution in [3.8, 4) is 0 Å². The molecule has 1 amide bonds. The molecule has 0 saturated carbocycles. The van der Waals surface area contributed by atoms with Crippen molar-refractivity contribution in [3.05, 3.63) is 41.5 Å². The molecule has 0 radical (unpaired) electrons. The maximum absolute atomic E-state index is 12.1. The summed E-state index contributed by atoms with van der Waals surface area (Å²) in [7, 11) is 1.38. The Morgan fingerprint density at radius 3 is 2.40 bits per heavy atom. The third-order valence-corrected chi connectivity index (χ3v) is 4.11. The summed E-state index contributed by atoms with van der Waals surface area (Å²) in [5.74, 6) is 0.0457. The van der Waals surface area contributed by atoms with Crippen molar-refractivity contribution in [3.63, 3.8) is 0 Å². The molecule has 1 fully saturated rings. The van der Waals surface area contributed by atoms with E-state index in [0.29, 0.717) is 24.6 Å². The number of benzene rings is 1. The van der Waals surface area contributed by atoms with Gasteiger partial charge in [0.2, 0.25) is 0 Å². The number of likely N-dealkylation sites (tertiary alicyclic amines) is 1. The highest BCUT2D eigenvalue weighted by Gasteiger charge is 2.25. The van der Waals surface area contributed by atoms with Crippen molar-refractivity contribution in [2.75, 3.05) is 20.2 Å². The first-order chi connectivity index (χ1) is 11.8. The van der Waals surface area contributed by atoms with Crippen LogP contribution in [0.5, 0.6) is 0 Å². The SMILES string of the molecule is COC(=O)c1ccccc1/C=C/C1CCN(C(=O)OC(C)(C)C)CC1. The summed E-state index contributed by atoms with van der Waals surface area (Å²) in [6, 6.07) is 7.38. The van der Waals surface area contributed by atoms with Gasteiger partial charge in [-0.1, -0.05) is 30.4 Å². The van der Waals surface area contributed by atoms with Crippen LogP contribution in [-0.2, 0) is 9.47 Å². The number of nitrogens with zero attached hydrogens (tertiary/aromatic N) is 1. The van der Waals surface area contributed by atoms with E-state index >= 15 is 0 Å². The molecule has 0 aliphatic carbocycles. The fourth-order valence-electron chi connectivity index (χ4n) is 2.78. The Balaban J connectivity index is 1.93. The van der Waals surface area contributed by atoms with Gasteiger partial charge in [0.05, 0.1) is 12.7 Å². The van der Waals surface area contributed by atoms with E-state index in [0.717, 1.165) is 18.4 Å². The number of allylic oxidation sites excluding steroid dienone is 1. The lowest BCUT2D eigenvalue weighted by molar-refractivity contribution is 0.0197. The van der Waals surface area contributed by atoms with E-state index < -0.39 is 5.60 Å². The summed E-state index contributed by atoms with van der Waals surface area (Å²) < 4.78 is 10.2. The van der Waals surface area contributed by atoms with Crippen LogP contribution in [0.3, 0.4) is 0 Å². The highest BCUT2D eigenvalue weighted by molar-refractivity contribution is 5.93. The lowest BCUT2D eigenvalue weighted by Gasteiger charge is -2.32. The van der Waals surface area contributed by atoms with Gasteiger partial charge in [0.15, 0.2) is 0 Å². The van der Waals surface area contributed by atoms with E-state index in [-0.39, 0.29) is 12.1 Å². The van der Waals surface area contributed by atoms with Crippen LogP contribution in [0.15, 0.2) is 30.3 Å². The molecular formula is C20H27NO4. The molecular weight excluding hydrogens is 318 g/mol. The minimum Gasteiger partial charge on any atom is -0.465 e. The van der Waals surface area contributed by atoms with E-state index in [1.54, 1.807) is 11.0 Å². The summed E-state index contributed by atoms with van der Waals surface area (Å²) >= 11 is 0. The molecule has 1 aliphatic heterocycles. The summed E-state index contributed by atoms with van der Waals surface area (Å²) in [6.07, 6.45) is 5.62. The predicted molar refractivity (Wildman–Crippen MR) is 97.3 cm³/mol. The molecule has 2 rings (SSSR count). The fourth-order valence-corrected chi connectivity index (χ4v) is 2.78. The Bertz CT molecular complexity index is 637. The summed E-state index contributed by atoms with van der Waals surface area (Å²) in [5, 5.41) is 0. The lowest BCUT2D eigenvalue weighted by atomic mass is 9.95. The Hall–Kier alpha value is -2.30. The summed E-state index contributed by atoms with van der Waals surface area (Å²) in [5.41, 5.74) is 0.946. The van der Waals surface area contributed by atoms with Crippen LogP contribution >= 0.6 is 0 Å².